The Balaban J connectivity index is 2.30. The van der Waals surface area contributed by atoms with E-state index in [4.69, 9.17) is 9.47 Å². The maximum atomic E-state index is 5.56. The zero-order valence-electron chi connectivity index (χ0n) is 9.74. The average Bonchev–Trinajstić information content (AvgIpc) is 2.30. The Bertz CT molecular complexity index is 313. The lowest BCUT2D eigenvalue weighted by atomic mass is 10.3. The number of hydrogen-bond donors (Lipinski definition) is 1. The number of ether oxygens (including phenoxy) is 2. The fourth-order valence-corrected chi connectivity index (χ4v) is 1.27. The summed E-state index contributed by atoms with van der Waals surface area (Å²) in [6, 6.07) is 7.68. The van der Waals surface area contributed by atoms with Crippen LogP contribution in [0.15, 0.2) is 36.9 Å². The smallest absolute Gasteiger partial charge is 0.123 e. The molecular formula is C13H19NO2. The Morgan fingerprint density at radius 1 is 1.31 bits per heavy atom. The highest BCUT2D eigenvalue weighted by Gasteiger charge is 1.96. The van der Waals surface area contributed by atoms with Gasteiger partial charge < -0.3 is 14.8 Å². The van der Waals surface area contributed by atoms with Crippen molar-refractivity contribution < 1.29 is 9.47 Å². The van der Waals surface area contributed by atoms with Gasteiger partial charge in [0.25, 0.3) is 0 Å². The van der Waals surface area contributed by atoms with Crippen molar-refractivity contribution >= 4 is 0 Å². The number of nitrogens with one attached hydrogen (secondary N) is 1. The molecule has 0 fully saturated rings. The molecule has 88 valence electrons. The van der Waals surface area contributed by atoms with Gasteiger partial charge in [-0.3, -0.25) is 0 Å². The molecule has 1 rings (SSSR count). The second-order valence-electron chi connectivity index (χ2n) is 3.25. The summed E-state index contributed by atoms with van der Waals surface area (Å²) in [6.45, 7) is 8.53. The molecule has 0 aliphatic carbocycles. The Hall–Kier alpha value is -1.48. The Kier molecular flexibility index (Phi) is 6.11. The van der Waals surface area contributed by atoms with Crippen LogP contribution in [0, 0.1) is 0 Å². The first-order valence-corrected chi connectivity index (χ1v) is 5.54. The first kappa shape index (κ1) is 12.6. The molecule has 1 N–H and O–H groups in total. The van der Waals surface area contributed by atoms with Gasteiger partial charge in [0.2, 0.25) is 0 Å². The third-order valence-electron chi connectivity index (χ3n) is 1.95. The minimum absolute atomic E-state index is 0.642. The van der Waals surface area contributed by atoms with Crippen LogP contribution in [0.4, 0.5) is 0 Å². The van der Waals surface area contributed by atoms with E-state index in [1.807, 2.05) is 37.3 Å². The fourth-order valence-electron chi connectivity index (χ4n) is 1.27. The molecule has 0 spiro atoms. The van der Waals surface area contributed by atoms with Gasteiger partial charge in [0.15, 0.2) is 0 Å². The van der Waals surface area contributed by atoms with Crippen molar-refractivity contribution in [1.29, 1.82) is 0 Å². The second kappa shape index (κ2) is 7.77. The van der Waals surface area contributed by atoms with Crippen LogP contribution < -0.4 is 14.8 Å². The van der Waals surface area contributed by atoms with Crippen molar-refractivity contribution in [3.63, 3.8) is 0 Å². The molecule has 0 aromatic heterocycles. The Morgan fingerprint density at radius 2 is 2.06 bits per heavy atom. The van der Waals surface area contributed by atoms with Crippen molar-refractivity contribution in [3.8, 4) is 11.5 Å². The van der Waals surface area contributed by atoms with E-state index in [0.717, 1.165) is 24.6 Å². The standard InChI is InChI=1S/C13H19NO2/c1-3-8-14-9-10-16-13-7-5-6-12(11-13)15-4-2/h3,5-7,11,14H,1,4,8-10H2,2H3. The van der Waals surface area contributed by atoms with Crippen LogP contribution in [0.3, 0.4) is 0 Å². The first-order chi connectivity index (χ1) is 7.86. The van der Waals surface area contributed by atoms with Gasteiger partial charge in [-0.1, -0.05) is 12.1 Å². The highest BCUT2D eigenvalue weighted by molar-refractivity contribution is 5.32. The normalized spacial score (nSPS) is 9.81. The predicted molar refractivity (Wildman–Crippen MR) is 66.2 cm³/mol. The maximum absolute atomic E-state index is 5.56. The van der Waals surface area contributed by atoms with Gasteiger partial charge in [0.05, 0.1) is 6.61 Å². The minimum Gasteiger partial charge on any atom is -0.494 e. The van der Waals surface area contributed by atoms with E-state index in [-0.39, 0.29) is 0 Å². The summed E-state index contributed by atoms with van der Waals surface area (Å²) in [6.07, 6.45) is 1.83. The van der Waals surface area contributed by atoms with Gasteiger partial charge in [-0.05, 0) is 19.1 Å². The molecule has 0 bridgehead atoms. The van der Waals surface area contributed by atoms with E-state index in [1.54, 1.807) is 0 Å². The summed E-state index contributed by atoms with van der Waals surface area (Å²) in [4.78, 5) is 0. The molecule has 0 atom stereocenters. The van der Waals surface area contributed by atoms with Gasteiger partial charge in [-0.25, -0.2) is 0 Å². The van der Waals surface area contributed by atoms with Crippen molar-refractivity contribution in [2.75, 3.05) is 26.3 Å². The SMILES string of the molecule is C=CCNCCOc1cccc(OCC)c1. The number of hydrogen-bond acceptors (Lipinski definition) is 3. The molecule has 3 heteroatoms. The maximum Gasteiger partial charge on any atom is 0.123 e. The van der Waals surface area contributed by atoms with Crippen molar-refractivity contribution in [3.05, 3.63) is 36.9 Å². The van der Waals surface area contributed by atoms with E-state index >= 15 is 0 Å². The Morgan fingerprint density at radius 3 is 2.75 bits per heavy atom. The third-order valence-corrected chi connectivity index (χ3v) is 1.95. The van der Waals surface area contributed by atoms with E-state index in [2.05, 4.69) is 11.9 Å². The van der Waals surface area contributed by atoms with Crippen LogP contribution in [0.25, 0.3) is 0 Å². The molecule has 0 aliphatic heterocycles. The highest BCUT2D eigenvalue weighted by Crippen LogP contribution is 2.18. The van der Waals surface area contributed by atoms with Gasteiger partial charge in [-0.2, -0.15) is 0 Å². The average molecular weight is 221 g/mol. The topological polar surface area (TPSA) is 30.5 Å². The van der Waals surface area contributed by atoms with Gasteiger partial charge >= 0.3 is 0 Å². The van der Waals surface area contributed by atoms with E-state index in [9.17, 15) is 0 Å². The zero-order valence-corrected chi connectivity index (χ0v) is 9.74. The molecule has 16 heavy (non-hydrogen) atoms. The molecule has 0 saturated carbocycles. The molecule has 0 unspecified atom stereocenters. The highest BCUT2D eigenvalue weighted by atomic mass is 16.5. The summed E-state index contributed by atoms with van der Waals surface area (Å²) in [5.74, 6) is 1.69. The molecular weight excluding hydrogens is 202 g/mol. The van der Waals surface area contributed by atoms with Crippen LogP contribution in [-0.2, 0) is 0 Å². The van der Waals surface area contributed by atoms with Gasteiger partial charge in [0.1, 0.15) is 18.1 Å². The van der Waals surface area contributed by atoms with E-state index in [0.29, 0.717) is 13.2 Å². The van der Waals surface area contributed by atoms with Gasteiger partial charge in [0, 0.05) is 19.2 Å². The van der Waals surface area contributed by atoms with E-state index in [1.165, 1.54) is 0 Å². The van der Waals surface area contributed by atoms with Crippen molar-refractivity contribution in [1.82, 2.24) is 5.32 Å². The van der Waals surface area contributed by atoms with E-state index < -0.39 is 0 Å². The molecule has 0 radical (unpaired) electrons. The summed E-state index contributed by atoms with van der Waals surface area (Å²) in [5, 5.41) is 3.17. The quantitative estimate of drug-likeness (QED) is 0.539. The molecule has 0 amide bonds. The predicted octanol–water partition coefficient (Wildman–Crippen LogP) is 2.24. The van der Waals surface area contributed by atoms with Crippen LogP contribution in [0.5, 0.6) is 11.5 Å². The van der Waals surface area contributed by atoms with Gasteiger partial charge in [-0.15, -0.1) is 6.58 Å². The van der Waals surface area contributed by atoms with Crippen LogP contribution in [0.1, 0.15) is 6.92 Å². The molecule has 1 aromatic rings. The summed E-state index contributed by atoms with van der Waals surface area (Å²) in [5.41, 5.74) is 0. The molecule has 0 saturated heterocycles. The molecule has 0 aliphatic rings. The monoisotopic (exact) mass is 221 g/mol. The Labute approximate surface area is 97.1 Å². The van der Waals surface area contributed by atoms with Crippen LogP contribution >= 0.6 is 0 Å². The largest absolute Gasteiger partial charge is 0.494 e. The first-order valence-electron chi connectivity index (χ1n) is 5.54. The third kappa shape index (κ3) is 4.84. The number of rotatable bonds is 8. The summed E-state index contributed by atoms with van der Waals surface area (Å²) < 4.78 is 10.9. The molecule has 1 aromatic carbocycles. The minimum atomic E-state index is 0.642. The summed E-state index contributed by atoms with van der Waals surface area (Å²) in [7, 11) is 0. The lowest BCUT2D eigenvalue weighted by molar-refractivity contribution is 0.308. The molecule has 0 heterocycles. The van der Waals surface area contributed by atoms with Crippen LogP contribution in [0.2, 0.25) is 0 Å². The zero-order chi connectivity index (χ0) is 11.6. The summed E-state index contributed by atoms with van der Waals surface area (Å²) >= 11 is 0. The molecule has 3 nitrogen and oxygen atoms in total. The van der Waals surface area contributed by atoms with Crippen molar-refractivity contribution in [2.24, 2.45) is 0 Å². The second-order valence-corrected chi connectivity index (χ2v) is 3.25. The number of benzene rings is 1. The van der Waals surface area contributed by atoms with Crippen LogP contribution in [-0.4, -0.2) is 26.3 Å². The lowest BCUT2D eigenvalue weighted by Gasteiger charge is -2.08. The van der Waals surface area contributed by atoms with Crippen molar-refractivity contribution in [2.45, 2.75) is 6.92 Å². The lowest BCUT2D eigenvalue weighted by Crippen LogP contribution is -2.20. The fraction of sp³-hybridized carbons (Fsp3) is 0.385.